The first-order valence-electron chi connectivity index (χ1n) is 9.99. The predicted octanol–water partition coefficient (Wildman–Crippen LogP) is 5.15. The predicted molar refractivity (Wildman–Crippen MR) is 120 cm³/mol. The number of amides is 1. The summed E-state index contributed by atoms with van der Waals surface area (Å²) in [5.74, 6) is 1.34. The lowest BCUT2D eigenvalue weighted by Crippen LogP contribution is -2.31. The highest BCUT2D eigenvalue weighted by Crippen LogP contribution is 2.34. The second-order valence-electron chi connectivity index (χ2n) is 7.23. The topological polar surface area (TPSA) is 72.1 Å². The zero-order chi connectivity index (χ0) is 21.1. The molecule has 0 N–H and O–H groups in total. The van der Waals surface area contributed by atoms with Crippen LogP contribution >= 0.6 is 23.1 Å². The highest BCUT2D eigenvalue weighted by atomic mass is 32.2. The lowest BCUT2D eigenvalue weighted by molar-refractivity contribution is 0.0986. The quantitative estimate of drug-likeness (QED) is 0.374. The van der Waals surface area contributed by atoms with Crippen molar-refractivity contribution < 1.29 is 9.32 Å². The molecule has 0 atom stereocenters. The van der Waals surface area contributed by atoms with E-state index in [9.17, 15) is 4.79 Å². The summed E-state index contributed by atoms with van der Waals surface area (Å²) in [5, 5.41) is 5.45. The number of hydrogen-bond acceptors (Lipinski definition) is 7. The molecule has 1 amide bonds. The number of aromatic nitrogens is 3. The molecule has 0 spiro atoms. The van der Waals surface area contributed by atoms with Gasteiger partial charge in [0.25, 0.3) is 5.91 Å². The molecule has 0 unspecified atom stereocenters. The molecule has 0 radical (unpaired) electrons. The zero-order valence-corrected chi connectivity index (χ0v) is 18.8. The Bertz CT molecular complexity index is 1030. The standard InChI is InChI=1S/C22H24N4O2S2/c1-4-12-26(22-24-18-9-5-6-10-19(18)30-22)21(27)16-8-7-11-23-20(16)29-13-17-14(2)25-28-15(17)3/h4,7-8,11H,1,5-6,9-10,12-13H2,2-3H3. The van der Waals surface area contributed by atoms with Crippen molar-refractivity contribution in [1.82, 2.24) is 15.1 Å². The Balaban J connectivity index is 1.61. The van der Waals surface area contributed by atoms with Gasteiger partial charge in [0.1, 0.15) is 10.8 Å². The van der Waals surface area contributed by atoms with Crippen LogP contribution in [0.1, 0.15) is 50.8 Å². The number of anilines is 1. The van der Waals surface area contributed by atoms with E-state index in [1.807, 2.05) is 19.9 Å². The van der Waals surface area contributed by atoms with Crippen LogP contribution in [0.25, 0.3) is 0 Å². The highest BCUT2D eigenvalue weighted by Gasteiger charge is 2.25. The molecule has 1 aliphatic rings. The maximum atomic E-state index is 13.5. The summed E-state index contributed by atoms with van der Waals surface area (Å²) in [7, 11) is 0. The molecule has 3 heterocycles. The van der Waals surface area contributed by atoms with E-state index in [4.69, 9.17) is 9.51 Å². The fraction of sp³-hybridized carbons (Fsp3) is 0.364. The summed E-state index contributed by atoms with van der Waals surface area (Å²) >= 11 is 3.14. The number of thioether (sulfide) groups is 1. The molecule has 0 fully saturated rings. The van der Waals surface area contributed by atoms with Crippen LogP contribution < -0.4 is 4.90 Å². The SMILES string of the molecule is C=CCN(C(=O)c1cccnc1SCc1c(C)noc1C)c1nc2c(s1)CCCC2. The van der Waals surface area contributed by atoms with Gasteiger partial charge in [0.05, 0.1) is 17.0 Å². The van der Waals surface area contributed by atoms with Crippen molar-refractivity contribution in [2.45, 2.75) is 50.3 Å². The molecule has 0 saturated carbocycles. The molecule has 0 saturated heterocycles. The van der Waals surface area contributed by atoms with E-state index in [1.165, 1.54) is 23.1 Å². The van der Waals surface area contributed by atoms with Gasteiger partial charge in [-0.05, 0) is 51.7 Å². The highest BCUT2D eigenvalue weighted by molar-refractivity contribution is 7.98. The molecule has 8 heteroatoms. The van der Waals surface area contributed by atoms with E-state index in [2.05, 4.69) is 16.7 Å². The molecule has 4 rings (SSSR count). The first-order valence-corrected chi connectivity index (χ1v) is 11.8. The van der Waals surface area contributed by atoms with Crippen molar-refractivity contribution in [3.8, 4) is 0 Å². The summed E-state index contributed by atoms with van der Waals surface area (Å²) < 4.78 is 5.25. The Kier molecular flexibility index (Phi) is 6.34. The van der Waals surface area contributed by atoms with Gasteiger partial charge >= 0.3 is 0 Å². The van der Waals surface area contributed by atoms with E-state index in [0.717, 1.165) is 47.1 Å². The minimum Gasteiger partial charge on any atom is -0.361 e. The molecule has 0 bridgehead atoms. The summed E-state index contributed by atoms with van der Waals surface area (Å²) in [4.78, 5) is 25.8. The van der Waals surface area contributed by atoms with E-state index >= 15 is 0 Å². The van der Waals surface area contributed by atoms with Crippen molar-refractivity contribution in [1.29, 1.82) is 0 Å². The number of aryl methyl sites for hydroxylation is 4. The van der Waals surface area contributed by atoms with Crippen LogP contribution in [-0.2, 0) is 18.6 Å². The number of hydrogen-bond donors (Lipinski definition) is 0. The van der Waals surface area contributed by atoms with Crippen LogP contribution in [0.15, 0.2) is 40.5 Å². The zero-order valence-electron chi connectivity index (χ0n) is 17.2. The first-order chi connectivity index (χ1) is 14.6. The Morgan fingerprint density at radius 3 is 2.93 bits per heavy atom. The molecular weight excluding hydrogens is 416 g/mol. The van der Waals surface area contributed by atoms with Gasteiger partial charge in [0, 0.05) is 28.9 Å². The molecule has 0 aromatic carbocycles. The third-order valence-electron chi connectivity index (χ3n) is 5.16. The molecule has 156 valence electrons. The van der Waals surface area contributed by atoms with Crippen molar-refractivity contribution in [3.05, 3.63) is 64.1 Å². The summed E-state index contributed by atoms with van der Waals surface area (Å²) in [5.41, 5.74) is 3.62. The minimum absolute atomic E-state index is 0.102. The number of rotatable bonds is 7. The Morgan fingerprint density at radius 1 is 1.37 bits per heavy atom. The van der Waals surface area contributed by atoms with Gasteiger partial charge in [-0.15, -0.1) is 29.7 Å². The number of pyridine rings is 1. The Morgan fingerprint density at radius 2 is 2.20 bits per heavy atom. The Labute approximate surface area is 184 Å². The fourth-order valence-corrected chi connectivity index (χ4v) is 5.79. The van der Waals surface area contributed by atoms with Crippen LogP contribution in [0, 0.1) is 13.8 Å². The van der Waals surface area contributed by atoms with Gasteiger partial charge in [0.15, 0.2) is 5.13 Å². The maximum Gasteiger partial charge on any atom is 0.263 e. The van der Waals surface area contributed by atoms with Crippen LogP contribution in [-0.4, -0.2) is 27.6 Å². The maximum absolute atomic E-state index is 13.5. The fourth-order valence-electron chi connectivity index (χ4n) is 3.49. The van der Waals surface area contributed by atoms with Crippen LogP contribution in [0.3, 0.4) is 0 Å². The number of carbonyl (C=O) groups excluding carboxylic acids is 1. The summed E-state index contributed by atoms with van der Waals surface area (Å²) in [6.45, 7) is 8.07. The number of carbonyl (C=O) groups is 1. The van der Waals surface area contributed by atoms with Gasteiger partial charge in [-0.1, -0.05) is 11.2 Å². The average Bonchev–Trinajstić information content (AvgIpc) is 3.33. The molecule has 3 aromatic rings. The molecule has 30 heavy (non-hydrogen) atoms. The number of nitrogens with zero attached hydrogens (tertiary/aromatic N) is 4. The van der Waals surface area contributed by atoms with Crippen molar-refractivity contribution in [2.75, 3.05) is 11.4 Å². The molecule has 1 aliphatic carbocycles. The molecule has 6 nitrogen and oxygen atoms in total. The number of fused-ring (bicyclic) bond motifs is 1. The third-order valence-corrected chi connectivity index (χ3v) is 7.37. The van der Waals surface area contributed by atoms with Gasteiger partial charge in [0.2, 0.25) is 0 Å². The molecule has 0 aliphatic heterocycles. The summed E-state index contributed by atoms with van der Waals surface area (Å²) in [6, 6.07) is 3.63. The normalized spacial score (nSPS) is 13.1. The smallest absolute Gasteiger partial charge is 0.263 e. The second-order valence-corrected chi connectivity index (χ2v) is 9.25. The first kappa shape index (κ1) is 20.8. The summed E-state index contributed by atoms with van der Waals surface area (Å²) in [6.07, 6.45) is 7.85. The average molecular weight is 441 g/mol. The van der Waals surface area contributed by atoms with Crippen molar-refractivity contribution >= 4 is 34.1 Å². The van der Waals surface area contributed by atoms with E-state index in [-0.39, 0.29) is 5.91 Å². The van der Waals surface area contributed by atoms with Gasteiger partial charge in [-0.25, -0.2) is 9.97 Å². The number of thiazole rings is 1. The van der Waals surface area contributed by atoms with Crippen molar-refractivity contribution in [2.24, 2.45) is 0 Å². The third kappa shape index (κ3) is 4.20. The van der Waals surface area contributed by atoms with Gasteiger partial charge in [-0.3, -0.25) is 9.69 Å². The van der Waals surface area contributed by atoms with Crippen LogP contribution in [0.4, 0.5) is 5.13 Å². The Hall–Kier alpha value is -2.45. The van der Waals surface area contributed by atoms with Gasteiger partial charge < -0.3 is 4.52 Å². The monoisotopic (exact) mass is 440 g/mol. The lowest BCUT2D eigenvalue weighted by Gasteiger charge is -2.19. The second kappa shape index (κ2) is 9.14. The largest absolute Gasteiger partial charge is 0.361 e. The van der Waals surface area contributed by atoms with E-state index in [1.54, 1.807) is 34.6 Å². The van der Waals surface area contributed by atoms with Crippen LogP contribution in [0.2, 0.25) is 0 Å². The van der Waals surface area contributed by atoms with E-state index in [0.29, 0.717) is 22.9 Å². The minimum atomic E-state index is -0.102. The molecular formula is C22H24N4O2S2. The van der Waals surface area contributed by atoms with Crippen molar-refractivity contribution in [3.63, 3.8) is 0 Å². The lowest BCUT2D eigenvalue weighted by atomic mass is 10.0. The van der Waals surface area contributed by atoms with Gasteiger partial charge in [-0.2, -0.15) is 0 Å². The van der Waals surface area contributed by atoms with E-state index < -0.39 is 0 Å². The molecule has 3 aromatic heterocycles. The van der Waals surface area contributed by atoms with Crippen LogP contribution in [0.5, 0.6) is 0 Å².